The zero-order valence-electron chi connectivity index (χ0n) is 29.9. The summed E-state index contributed by atoms with van der Waals surface area (Å²) in [5.41, 5.74) is 2.15. The van der Waals surface area contributed by atoms with Crippen molar-refractivity contribution in [1.82, 2.24) is 4.31 Å². The summed E-state index contributed by atoms with van der Waals surface area (Å²) in [6.45, 7) is 11.6. The molecular weight excluding hydrogens is 669 g/mol. The van der Waals surface area contributed by atoms with E-state index in [0.717, 1.165) is 54.7 Å². The molecule has 0 saturated carbocycles. The molecule has 3 aromatic carbocycles. The molecule has 0 bridgehead atoms. The van der Waals surface area contributed by atoms with Crippen molar-refractivity contribution in [1.29, 1.82) is 5.26 Å². The summed E-state index contributed by atoms with van der Waals surface area (Å²) >= 11 is 1.66. The lowest BCUT2D eigenvalue weighted by Gasteiger charge is -2.33. The Hall–Kier alpha value is -3.85. The molecule has 3 aromatic rings. The van der Waals surface area contributed by atoms with Crippen LogP contribution in [0.25, 0.3) is 0 Å². The van der Waals surface area contributed by atoms with E-state index in [2.05, 4.69) is 52.1 Å². The fourth-order valence-corrected chi connectivity index (χ4v) is 8.07. The van der Waals surface area contributed by atoms with Crippen molar-refractivity contribution in [2.24, 2.45) is 4.99 Å². The van der Waals surface area contributed by atoms with Crippen LogP contribution in [0.3, 0.4) is 0 Å². The number of anilines is 1. The van der Waals surface area contributed by atoms with Crippen molar-refractivity contribution in [3.63, 3.8) is 0 Å². The lowest BCUT2D eigenvalue weighted by molar-refractivity contribution is -0.120. The maximum Gasteiger partial charge on any atom is 0.273 e. The van der Waals surface area contributed by atoms with Gasteiger partial charge in [-0.3, -0.25) is 4.79 Å². The van der Waals surface area contributed by atoms with Crippen molar-refractivity contribution in [2.75, 3.05) is 30.8 Å². The molecular formula is C39H50N4O5S2. The van der Waals surface area contributed by atoms with Gasteiger partial charge in [0.05, 0.1) is 23.0 Å². The molecule has 0 aromatic heterocycles. The maximum absolute atomic E-state index is 14.5. The van der Waals surface area contributed by atoms with Crippen LogP contribution in [0.4, 0.5) is 11.4 Å². The van der Waals surface area contributed by atoms with E-state index in [9.17, 15) is 18.5 Å². The molecule has 1 aliphatic rings. The van der Waals surface area contributed by atoms with Crippen molar-refractivity contribution in [2.45, 2.75) is 101 Å². The first kappa shape index (κ1) is 38.9. The summed E-state index contributed by atoms with van der Waals surface area (Å²) in [5, 5.41) is 12.4. The normalized spacial score (nSPS) is 14.3. The standard InChI is InChI=1S/C39H50N4O5S2/c1-6-8-10-13-24-47-25-14-23-43-37(41-32-15-11-12-16-35(32)50(43,45)46)36(48-31-20-17-29(28-40)18-21-31)38(44)42-33-27-30(39(3,4)5)19-22-34(33)49-26-9-7-2/h11-12,15-22,27,36H,6-10,13-14,23-26H2,1-5H3,(H,42,44). The summed E-state index contributed by atoms with van der Waals surface area (Å²) in [4.78, 5) is 20.3. The van der Waals surface area contributed by atoms with E-state index in [1.165, 1.54) is 10.4 Å². The van der Waals surface area contributed by atoms with E-state index >= 15 is 0 Å². The number of thioether (sulfide) groups is 1. The fourth-order valence-electron chi connectivity index (χ4n) is 5.37. The molecule has 50 heavy (non-hydrogen) atoms. The van der Waals surface area contributed by atoms with Crippen LogP contribution >= 0.6 is 11.8 Å². The molecule has 0 fully saturated rings. The third-order valence-electron chi connectivity index (χ3n) is 8.28. The van der Waals surface area contributed by atoms with Gasteiger partial charge in [0.15, 0.2) is 5.84 Å². The van der Waals surface area contributed by atoms with E-state index in [0.29, 0.717) is 36.6 Å². The van der Waals surface area contributed by atoms with Gasteiger partial charge in [-0.15, -0.1) is 11.8 Å². The Morgan fingerprint density at radius 2 is 1.68 bits per heavy atom. The number of aliphatic imine (C=N–C) groups is 1. The highest BCUT2D eigenvalue weighted by atomic mass is 32.2. The molecule has 1 unspecified atom stereocenters. The van der Waals surface area contributed by atoms with Gasteiger partial charge in [-0.2, -0.15) is 5.26 Å². The highest BCUT2D eigenvalue weighted by Gasteiger charge is 2.41. The second-order valence-corrected chi connectivity index (χ2v) is 16.3. The maximum atomic E-state index is 14.5. The van der Waals surface area contributed by atoms with Crippen LogP contribution in [-0.4, -0.2) is 56.1 Å². The number of ether oxygens (including phenoxy) is 2. The minimum Gasteiger partial charge on any atom is -0.473 e. The topological polar surface area (TPSA) is 121 Å². The number of hydrogen-bond acceptors (Lipinski definition) is 8. The SMILES string of the molecule is CCCCCCOCCCN1C(C(Oc2ccc(C#N)cc2)C(=O)Nc2cc(C(C)(C)C)ccc2SCCCC)=Nc2ccccc2S1(=O)=O. The van der Waals surface area contributed by atoms with Crippen molar-refractivity contribution >= 4 is 44.9 Å². The van der Waals surface area contributed by atoms with E-state index in [1.54, 1.807) is 54.2 Å². The van der Waals surface area contributed by atoms with Crippen molar-refractivity contribution < 1.29 is 22.7 Å². The summed E-state index contributed by atoms with van der Waals surface area (Å²) in [6.07, 6.45) is 5.34. The number of carbonyl (C=O) groups excluding carboxylic acids is 1. The van der Waals surface area contributed by atoms with Gasteiger partial charge in [-0.25, -0.2) is 17.7 Å². The van der Waals surface area contributed by atoms with E-state index in [-0.39, 0.29) is 28.4 Å². The average Bonchev–Trinajstić information content (AvgIpc) is 3.09. The second kappa shape index (κ2) is 18.4. The van der Waals surface area contributed by atoms with Gasteiger partial charge in [-0.05, 0) is 84.5 Å². The van der Waals surface area contributed by atoms with Gasteiger partial charge < -0.3 is 14.8 Å². The molecule has 4 rings (SSSR count). The largest absolute Gasteiger partial charge is 0.473 e. The van der Waals surface area contributed by atoms with Gasteiger partial charge in [-0.1, -0.05) is 78.5 Å². The lowest BCUT2D eigenvalue weighted by Crippen LogP contribution is -2.52. The van der Waals surface area contributed by atoms with E-state index in [1.807, 2.05) is 12.1 Å². The molecule has 268 valence electrons. The highest BCUT2D eigenvalue weighted by Crippen LogP contribution is 2.36. The Labute approximate surface area is 302 Å². The molecule has 1 heterocycles. The highest BCUT2D eigenvalue weighted by molar-refractivity contribution is 7.99. The van der Waals surface area contributed by atoms with E-state index < -0.39 is 22.0 Å². The molecule has 1 aliphatic heterocycles. The lowest BCUT2D eigenvalue weighted by atomic mass is 9.87. The van der Waals surface area contributed by atoms with Gasteiger partial charge in [0, 0.05) is 24.7 Å². The van der Waals surface area contributed by atoms with Crippen molar-refractivity contribution in [3.8, 4) is 11.8 Å². The third-order valence-corrected chi connectivity index (χ3v) is 11.3. The first-order valence-electron chi connectivity index (χ1n) is 17.5. The molecule has 1 atom stereocenters. The van der Waals surface area contributed by atoms with E-state index in [4.69, 9.17) is 14.5 Å². The first-order chi connectivity index (χ1) is 24.0. The number of rotatable bonds is 18. The zero-order valence-corrected chi connectivity index (χ0v) is 31.5. The number of nitriles is 1. The fraction of sp³-hybridized carbons (Fsp3) is 0.462. The Balaban J connectivity index is 1.74. The summed E-state index contributed by atoms with van der Waals surface area (Å²) < 4.78 is 41.8. The van der Waals surface area contributed by atoms with Crippen LogP contribution in [0.1, 0.15) is 90.7 Å². The van der Waals surface area contributed by atoms with Gasteiger partial charge >= 0.3 is 0 Å². The number of nitrogens with one attached hydrogen (secondary N) is 1. The van der Waals surface area contributed by atoms with Crippen LogP contribution in [0.15, 0.2) is 81.5 Å². The smallest absolute Gasteiger partial charge is 0.273 e. The van der Waals surface area contributed by atoms with Crippen LogP contribution in [0, 0.1) is 11.3 Å². The molecule has 1 N–H and O–H groups in total. The Morgan fingerprint density at radius 3 is 2.38 bits per heavy atom. The quantitative estimate of drug-likeness (QED) is 0.103. The zero-order chi connectivity index (χ0) is 36.1. The number of nitrogens with zero attached hydrogens (tertiary/aromatic N) is 3. The predicted octanol–water partition coefficient (Wildman–Crippen LogP) is 8.86. The summed E-state index contributed by atoms with van der Waals surface area (Å²) in [5.74, 6) is 0.568. The summed E-state index contributed by atoms with van der Waals surface area (Å²) in [6, 6.07) is 21.1. The molecule has 0 saturated heterocycles. The number of sulfonamides is 1. The molecule has 0 spiro atoms. The molecule has 1 amide bonds. The number of unbranched alkanes of at least 4 members (excludes halogenated alkanes) is 4. The van der Waals surface area contributed by atoms with Crippen LogP contribution in [0.2, 0.25) is 0 Å². The van der Waals surface area contributed by atoms with Crippen LogP contribution in [-0.2, 0) is 25.0 Å². The molecule has 11 heteroatoms. The second-order valence-electron chi connectivity index (χ2n) is 13.3. The average molecular weight is 719 g/mol. The molecule has 0 radical (unpaired) electrons. The number of hydrogen-bond donors (Lipinski definition) is 1. The number of fused-ring (bicyclic) bond motifs is 1. The number of amides is 1. The van der Waals surface area contributed by atoms with Gasteiger partial charge in [0.1, 0.15) is 10.6 Å². The minimum atomic E-state index is -4.10. The van der Waals surface area contributed by atoms with Crippen molar-refractivity contribution in [3.05, 3.63) is 77.9 Å². The number of carbonyl (C=O) groups is 1. The Morgan fingerprint density at radius 1 is 0.960 bits per heavy atom. The predicted molar refractivity (Wildman–Crippen MR) is 202 cm³/mol. The number of para-hydroxylation sites is 1. The Kier molecular flexibility index (Phi) is 14.3. The number of amidine groups is 1. The first-order valence-corrected chi connectivity index (χ1v) is 19.9. The third kappa shape index (κ3) is 10.3. The van der Waals surface area contributed by atoms with Crippen LogP contribution in [0.5, 0.6) is 5.75 Å². The molecule has 0 aliphatic carbocycles. The number of benzene rings is 3. The van der Waals surface area contributed by atoms with Gasteiger partial charge in [0.25, 0.3) is 15.9 Å². The molecule has 9 nitrogen and oxygen atoms in total. The van der Waals surface area contributed by atoms with Gasteiger partial charge in [0.2, 0.25) is 6.10 Å². The minimum absolute atomic E-state index is 0.0410. The van der Waals surface area contributed by atoms with Crippen LogP contribution < -0.4 is 10.1 Å². The summed E-state index contributed by atoms with van der Waals surface area (Å²) in [7, 11) is -4.10. The monoisotopic (exact) mass is 718 g/mol. The Bertz CT molecular complexity index is 1760.